The lowest BCUT2D eigenvalue weighted by atomic mass is 9.62. The molecule has 0 saturated carbocycles. The zero-order chi connectivity index (χ0) is 38.9. The fraction of sp³-hybridized carbons (Fsp3) is 0.125. The number of nitrogens with zero attached hydrogens (tertiary/aromatic N) is 2. The van der Waals surface area contributed by atoms with E-state index in [4.69, 9.17) is 9.40 Å². The number of oxazole rings is 1. The maximum Gasteiger partial charge on any atom is 0.227 e. The Morgan fingerprint density at radius 1 is 0.593 bits per heavy atom. The quantitative estimate of drug-likeness (QED) is 0.169. The van der Waals surface area contributed by atoms with Crippen molar-refractivity contribution in [3.63, 3.8) is 0 Å². The summed E-state index contributed by atoms with van der Waals surface area (Å²) in [5, 5.41) is 3.51. The summed E-state index contributed by atoms with van der Waals surface area (Å²) in [6, 6.07) is 54.0. The third-order valence-electron chi connectivity index (χ3n) is 13.4. The average Bonchev–Trinajstić information content (AvgIpc) is 3.98. The van der Waals surface area contributed by atoms with Crippen LogP contribution in [0, 0.1) is 11.8 Å². The lowest BCUT2D eigenvalue weighted by molar-refractivity contribution is 0.477. The van der Waals surface area contributed by atoms with Crippen LogP contribution in [0.4, 0.5) is 0 Å². The van der Waals surface area contributed by atoms with Gasteiger partial charge in [0.2, 0.25) is 5.89 Å². The highest BCUT2D eigenvalue weighted by Gasteiger charge is 2.49. The minimum atomic E-state index is -0.438. The molecule has 4 aliphatic carbocycles. The number of para-hydroxylation sites is 1. The summed E-state index contributed by atoms with van der Waals surface area (Å²) >= 11 is 0. The van der Waals surface area contributed by atoms with Crippen molar-refractivity contribution in [3.05, 3.63) is 221 Å². The molecule has 0 N–H and O–H groups in total. The monoisotopic (exact) mass is 758 g/mol. The molecule has 0 bridgehead atoms. The molecule has 0 radical (unpaired) electrons. The molecule has 6 aromatic carbocycles. The van der Waals surface area contributed by atoms with E-state index in [1.165, 1.54) is 66.3 Å². The van der Waals surface area contributed by atoms with Crippen LogP contribution in [0.5, 0.6) is 0 Å². The van der Waals surface area contributed by atoms with Crippen LogP contribution in [0.3, 0.4) is 0 Å². The Bertz CT molecular complexity index is 3210. The number of hydrogen-bond donors (Lipinski definition) is 0. The highest BCUT2D eigenvalue weighted by atomic mass is 16.3. The largest absolute Gasteiger partial charge is 0.436 e. The molecule has 12 rings (SSSR count). The van der Waals surface area contributed by atoms with Crippen molar-refractivity contribution in [2.45, 2.75) is 30.7 Å². The van der Waals surface area contributed by atoms with Crippen LogP contribution in [-0.2, 0) is 5.41 Å². The van der Waals surface area contributed by atoms with E-state index in [-0.39, 0.29) is 12.0 Å². The predicted molar refractivity (Wildman–Crippen MR) is 242 cm³/mol. The molecule has 59 heavy (non-hydrogen) atoms. The van der Waals surface area contributed by atoms with Gasteiger partial charge in [-0.15, -0.1) is 0 Å². The van der Waals surface area contributed by atoms with Crippen molar-refractivity contribution in [2.75, 3.05) is 0 Å². The van der Waals surface area contributed by atoms with E-state index in [0.717, 1.165) is 35.6 Å². The summed E-state index contributed by atoms with van der Waals surface area (Å²) in [5.41, 5.74) is 14.4. The molecule has 2 aromatic heterocycles. The van der Waals surface area contributed by atoms with Gasteiger partial charge in [0.25, 0.3) is 0 Å². The summed E-state index contributed by atoms with van der Waals surface area (Å²) in [6.07, 6.45) is 23.7. The van der Waals surface area contributed by atoms with E-state index < -0.39 is 5.41 Å². The molecule has 0 amide bonds. The number of rotatable bonds is 6. The summed E-state index contributed by atoms with van der Waals surface area (Å²) in [4.78, 5) is 5.09. The molecule has 4 unspecified atom stereocenters. The fourth-order valence-corrected chi connectivity index (χ4v) is 10.7. The van der Waals surface area contributed by atoms with Crippen molar-refractivity contribution < 1.29 is 4.42 Å². The summed E-state index contributed by atoms with van der Waals surface area (Å²) in [5.74, 6) is 1.24. The Morgan fingerprint density at radius 2 is 1.36 bits per heavy atom. The van der Waals surface area contributed by atoms with Gasteiger partial charge in [-0.3, -0.25) is 0 Å². The molecule has 282 valence electrons. The Balaban J connectivity index is 0.998. The van der Waals surface area contributed by atoms with Gasteiger partial charge in [-0.05, 0) is 112 Å². The third kappa shape index (κ3) is 5.31. The highest BCUT2D eigenvalue weighted by Crippen LogP contribution is 2.58. The van der Waals surface area contributed by atoms with Crippen molar-refractivity contribution >= 4 is 34.0 Å². The smallest absolute Gasteiger partial charge is 0.227 e. The maximum absolute atomic E-state index is 6.38. The first-order chi connectivity index (χ1) is 29.2. The van der Waals surface area contributed by atoms with Crippen molar-refractivity contribution in [1.82, 2.24) is 9.55 Å². The summed E-state index contributed by atoms with van der Waals surface area (Å²) in [7, 11) is 0. The van der Waals surface area contributed by atoms with E-state index in [0.29, 0.717) is 11.8 Å². The Labute approximate surface area is 344 Å². The van der Waals surface area contributed by atoms with Gasteiger partial charge in [-0.2, -0.15) is 0 Å². The average molecular weight is 759 g/mol. The number of fused-ring (bicyclic) bond motifs is 7. The minimum absolute atomic E-state index is 0.105. The molecular formula is C56H42N2O. The number of allylic oxidation sites excluding steroid dienone is 8. The van der Waals surface area contributed by atoms with E-state index >= 15 is 0 Å². The third-order valence-corrected chi connectivity index (χ3v) is 13.4. The van der Waals surface area contributed by atoms with Crippen molar-refractivity contribution in [3.8, 4) is 33.7 Å². The Morgan fingerprint density at radius 3 is 2.20 bits per heavy atom. The molecule has 0 spiro atoms. The second kappa shape index (κ2) is 13.6. The number of aromatic nitrogens is 2. The first kappa shape index (κ1) is 34.1. The molecule has 3 heteroatoms. The summed E-state index contributed by atoms with van der Waals surface area (Å²) in [6.45, 7) is 0. The van der Waals surface area contributed by atoms with E-state index in [1.807, 2.05) is 18.2 Å². The minimum Gasteiger partial charge on any atom is -0.436 e. The molecule has 4 atom stereocenters. The lowest BCUT2D eigenvalue weighted by Gasteiger charge is -2.39. The van der Waals surface area contributed by atoms with Gasteiger partial charge in [0, 0.05) is 39.2 Å². The van der Waals surface area contributed by atoms with E-state index in [9.17, 15) is 0 Å². The second-order valence-corrected chi connectivity index (χ2v) is 16.5. The van der Waals surface area contributed by atoms with Gasteiger partial charge in [0.05, 0.1) is 11.5 Å². The van der Waals surface area contributed by atoms with Crippen molar-refractivity contribution in [2.24, 2.45) is 11.8 Å². The zero-order valence-electron chi connectivity index (χ0n) is 32.7. The van der Waals surface area contributed by atoms with Crippen LogP contribution in [0.25, 0.3) is 67.7 Å². The molecular weight excluding hydrogens is 717 g/mol. The van der Waals surface area contributed by atoms with Gasteiger partial charge in [0.1, 0.15) is 5.35 Å². The highest BCUT2D eigenvalue weighted by molar-refractivity contribution is 6.09. The number of benzene rings is 6. The standard InChI is InChI=1S/C56H42N2O/c1-4-14-37(15-5-1)38-24-29-44(30-25-38)58-52-23-13-11-21-47(52)48-34-40(27-32-53(48)58)41-26-31-46-45-20-10-12-22-49(45)56(50(46)35-41,42-18-8-3-9-19-42)43-28-33-54-51(36-43)57-55(59-54)39-16-6-2-7-17-39/h1-14,16-27,29,31-37,43-44H,15,28,30H2. The van der Waals surface area contributed by atoms with E-state index in [1.54, 1.807) is 0 Å². The first-order valence-corrected chi connectivity index (χ1v) is 21.0. The molecule has 0 aliphatic heterocycles. The van der Waals surface area contributed by atoms with Gasteiger partial charge < -0.3 is 8.98 Å². The van der Waals surface area contributed by atoms with Crippen molar-refractivity contribution in [1.29, 1.82) is 0 Å². The Hall–Kier alpha value is -6.97. The van der Waals surface area contributed by atoms with Gasteiger partial charge in [-0.25, -0.2) is 4.98 Å². The molecule has 0 fully saturated rings. The van der Waals surface area contributed by atoms with Crippen LogP contribution in [0.1, 0.15) is 42.0 Å². The van der Waals surface area contributed by atoms with Crippen LogP contribution < -0.4 is 10.8 Å². The maximum atomic E-state index is 6.38. The van der Waals surface area contributed by atoms with Gasteiger partial charge in [0.15, 0.2) is 5.42 Å². The van der Waals surface area contributed by atoms with Crippen LogP contribution >= 0.6 is 0 Å². The van der Waals surface area contributed by atoms with Crippen LogP contribution in [0.2, 0.25) is 0 Å². The topological polar surface area (TPSA) is 31.0 Å². The van der Waals surface area contributed by atoms with Gasteiger partial charge in [-0.1, -0.05) is 152 Å². The summed E-state index contributed by atoms with van der Waals surface area (Å²) < 4.78 is 8.94. The van der Waals surface area contributed by atoms with Crippen LogP contribution in [-0.4, -0.2) is 9.55 Å². The molecule has 8 aromatic rings. The fourth-order valence-electron chi connectivity index (χ4n) is 10.7. The Kier molecular flexibility index (Phi) is 7.84. The lowest BCUT2D eigenvalue weighted by Crippen LogP contribution is -2.39. The molecule has 0 saturated heterocycles. The first-order valence-electron chi connectivity index (χ1n) is 21.0. The SMILES string of the molecule is C1=CCC(C2=CCC(n3c4ccccc4c4cc(-c5ccc6c(c5)C(c5ccccc5)(C5C=c7nc(-c8ccccc8)oc7=CC5)c5ccccc5-6)ccc43)C=C2)C=C1. The van der Waals surface area contributed by atoms with E-state index in [2.05, 4.69) is 187 Å². The second-order valence-electron chi connectivity index (χ2n) is 16.5. The molecule has 4 aliphatic rings. The normalized spacial score (nSPS) is 21.4. The number of hydrogen-bond acceptors (Lipinski definition) is 2. The predicted octanol–water partition coefficient (Wildman–Crippen LogP) is 12.3. The molecule has 2 heterocycles. The van der Waals surface area contributed by atoms with Crippen LogP contribution in [0.15, 0.2) is 198 Å². The molecule has 3 nitrogen and oxygen atoms in total. The zero-order valence-corrected chi connectivity index (χ0v) is 32.7. The van der Waals surface area contributed by atoms with Gasteiger partial charge >= 0.3 is 0 Å².